The molecule has 0 fully saturated rings. The van der Waals surface area contributed by atoms with Crippen LogP contribution < -0.4 is 5.32 Å². The molecule has 0 aliphatic carbocycles. The SMILES string of the molecule is CCn1cc(-c2cc(C(=O)NCCCN(C)C)c3ccccc3n2)cn1. The topological polar surface area (TPSA) is 63.1 Å². The van der Waals surface area contributed by atoms with Crippen LogP contribution in [-0.4, -0.2) is 52.8 Å². The molecule has 136 valence electrons. The second-order valence-electron chi connectivity index (χ2n) is 6.57. The number of nitrogens with zero attached hydrogens (tertiary/aromatic N) is 4. The lowest BCUT2D eigenvalue weighted by Gasteiger charge is -2.12. The van der Waals surface area contributed by atoms with Gasteiger partial charge in [-0.1, -0.05) is 18.2 Å². The first kappa shape index (κ1) is 18.1. The van der Waals surface area contributed by atoms with Crippen molar-refractivity contribution in [1.82, 2.24) is 25.0 Å². The quantitative estimate of drug-likeness (QED) is 0.665. The van der Waals surface area contributed by atoms with Gasteiger partial charge in [0.25, 0.3) is 5.91 Å². The third-order valence-electron chi connectivity index (χ3n) is 4.28. The third kappa shape index (κ3) is 4.08. The lowest BCUT2D eigenvalue weighted by molar-refractivity contribution is 0.0954. The lowest BCUT2D eigenvalue weighted by atomic mass is 10.0. The molecule has 0 radical (unpaired) electrons. The summed E-state index contributed by atoms with van der Waals surface area (Å²) < 4.78 is 1.85. The standard InChI is InChI=1S/C20H25N5O/c1-4-25-14-15(13-22-25)19-12-17(16-8-5-6-9-18(16)23-19)20(26)21-10-7-11-24(2)3/h5-6,8-9,12-14H,4,7,10-11H2,1-3H3,(H,21,26). The molecule has 0 spiro atoms. The van der Waals surface area contributed by atoms with Crippen LogP contribution in [0.15, 0.2) is 42.7 Å². The Labute approximate surface area is 153 Å². The maximum Gasteiger partial charge on any atom is 0.252 e. The Bertz CT molecular complexity index is 900. The molecular weight excluding hydrogens is 326 g/mol. The second kappa shape index (κ2) is 8.10. The van der Waals surface area contributed by atoms with Gasteiger partial charge in [0.05, 0.1) is 23.0 Å². The summed E-state index contributed by atoms with van der Waals surface area (Å²) >= 11 is 0. The van der Waals surface area contributed by atoms with Crippen molar-refractivity contribution in [2.75, 3.05) is 27.2 Å². The number of aryl methyl sites for hydroxylation is 1. The molecule has 26 heavy (non-hydrogen) atoms. The Balaban J connectivity index is 1.91. The van der Waals surface area contributed by atoms with E-state index in [2.05, 4.69) is 15.3 Å². The van der Waals surface area contributed by atoms with E-state index in [9.17, 15) is 4.79 Å². The van der Waals surface area contributed by atoms with E-state index in [1.54, 1.807) is 6.20 Å². The highest BCUT2D eigenvalue weighted by atomic mass is 16.1. The molecule has 0 saturated carbocycles. The fourth-order valence-electron chi connectivity index (χ4n) is 2.87. The summed E-state index contributed by atoms with van der Waals surface area (Å²) in [6, 6.07) is 9.61. The normalized spacial score (nSPS) is 11.2. The maximum atomic E-state index is 12.8. The summed E-state index contributed by atoms with van der Waals surface area (Å²) in [7, 11) is 4.06. The lowest BCUT2D eigenvalue weighted by Crippen LogP contribution is -2.27. The van der Waals surface area contributed by atoms with Crippen LogP contribution in [-0.2, 0) is 6.54 Å². The Hall–Kier alpha value is -2.73. The summed E-state index contributed by atoms with van der Waals surface area (Å²) in [5.74, 6) is -0.0634. The van der Waals surface area contributed by atoms with Crippen molar-refractivity contribution in [2.24, 2.45) is 0 Å². The van der Waals surface area contributed by atoms with Crippen LogP contribution >= 0.6 is 0 Å². The summed E-state index contributed by atoms with van der Waals surface area (Å²) in [5, 5.41) is 8.21. The Morgan fingerprint density at radius 2 is 2.08 bits per heavy atom. The van der Waals surface area contributed by atoms with Crippen LogP contribution in [0, 0.1) is 0 Å². The van der Waals surface area contributed by atoms with Gasteiger partial charge in [-0.15, -0.1) is 0 Å². The van der Waals surface area contributed by atoms with E-state index >= 15 is 0 Å². The molecule has 0 unspecified atom stereocenters. The van der Waals surface area contributed by atoms with Gasteiger partial charge in [0.1, 0.15) is 0 Å². The highest BCUT2D eigenvalue weighted by Gasteiger charge is 2.14. The molecule has 1 aromatic carbocycles. The van der Waals surface area contributed by atoms with Gasteiger partial charge in [-0.05, 0) is 46.1 Å². The number of rotatable bonds is 7. The van der Waals surface area contributed by atoms with Crippen molar-refractivity contribution in [3.8, 4) is 11.3 Å². The Morgan fingerprint density at radius 1 is 1.27 bits per heavy atom. The number of nitrogens with one attached hydrogen (secondary N) is 1. The van der Waals surface area contributed by atoms with Crippen LogP contribution in [0.5, 0.6) is 0 Å². The largest absolute Gasteiger partial charge is 0.352 e. The molecule has 0 saturated heterocycles. The Kier molecular flexibility index (Phi) is 5.63. The number of benzene rings is 1. The first-order valence-corrected chi connectivity index (χ1v) is 8.94. The van der Waals surface area contributed by atoms with Crippen molar-refractivity contribution in [2.45, 2.75) is 19.9 Å². The van der Waals surface area contributed by atoms with Crippen molar-refractivity contribution in [3.63, 3.8) is 0 Å². The monoisotopic (exact) mass is 351 g/mol. The van der Waals surface area contributed by atoms with Crippen molar-refractivity contribution in [1.29, 1.82) is 0 Å². The minimum absolute atomic E-state index is 0.0634. The van der Waals surface area contributed by atoms with E-state index in [0.29, 0.717) is 12.1 Å². The van der Waals surface area contributed by atoms with E-state index in [-0.39, 0.29) is 5.91 Å². The minimum atomic E-state index is -0.0634. The fraction of sp³-hybridized carbons (Fsp3) is 0.350. The number of carbonyl (C=O) groups excluding carboxylic acids is 1. The van der Waals surface area contributed by atoms with E-state index in [1.165, 1.54) is 0 Å². The molecular formula is C20H25N5O. The molecule has 2 heterocycles. The molecule has 6 nitrogen and oxygen atoms in total. The van der Waals surface area contributed by atoms with E-state index in [0.717, 1.165) is 41.7 Å². The maximum absolute atomic E-state index is 12.8. The van der Waals surface area contributed by atoms with Crippen molar-refractivity contribution >= 4 is 16.8 Å². The van der Waals surface area contributed by atoms with Gasteiger partial charge in [-0.3, -0.25) is 9.48 Å². The van der Waals surface area contributed by atoms with E-state index in [4.69, 9.17) is 4.98 Å². The number of hydrogen-bond acceptors (Lipinski definition) is 4. The third-order valence-corrected chi connectivity index (χ3v) is 4.28. The highest BCUT2D eigenvalue weighted by molar-refractivity contribution is 6.07. The van der Waals surface area contributed by atoms with Gasteiger partial charge in [0, 0.05) is 30.2 Å². The van der Waals surface area contributed by atoms with Gasteiger partial charge in [-0.25, -0.2) is 4.98 Å². The Morgan fingerprint density at radius 3 is 2.81 bits per heavy atom. The number of hydrogen-bond donors (Lipinski definition) is 1. The highest BCUT2D eigenvalue weighted by Crippen LogP contribution is 2.24. The van der Waals surface area contributed by atoms with Crippen molar-refractivity contribution < 1.29 is 4.79 Å². The first-order chi connectivity index (χ1) is 12.6. The molecule has 0 aliphatic rings. The predicted octanol–water partition coefficient (Wildman–Crippen LogP) is 2.80. The molecule has 0 bridgehead atoms. The van der Waals surface area contributed by atoms with Gasteiger partial charge >= 0.3 is 0 Å². The van der Waals surface area contributed by atoms with Crippen molar-refractivity contribution in [3.05, 3.63) is 48.3 Å². The summed E-state index contributed by atoms with van der Waals surface area (Å²) in [6.45, 7) is 4.43. The molecule has 6 heteroatoms. The van der Waals surface area contributed by atoms with Crippen LogP contribution in [0.4, 0.5) is 0 Å². The summed E-state index contributed by atoms with van der Waals surface area (Å²) in [5.41, 5.74) is 3.15. The molecule has 0 aliphatic heterocycles. The zero-order valence-electron chi connectivity index (χ0n) is 15.6. The number of aromatic nitrogens is 3. The molecule has 1 amide bonds. The zero-order chi connectivity index (χ0) is 18.5. The molecule has 2 aromatic heterocycles. The predicted molar refractivity (Wildman–Crippen MR) is 104 cm³/mol. The van der Waals surface area contributed by atoms with Gasteiger partial charge < -0.3 is 10.2 Å². The summed E-state index contributed by atoms with van der Waals surface area (Å²) in [6.07, 6.45) is 4.66. The fourth-order valence-corrected chi connectivity index (χ4v) is 2.87. The minimum Gasteiger partial charge on any atom is -0.352 e. The van der Waals surface area contributed by atoms with Crippen LogP contribution in [0.25, 0.3) is 22.2 Å². The van der Waals surface area contributed by atoms with Crippen LogP contribution in [0.3, 0.4) is 0 Å². The number of fused-ring (bicyclic) bond motifs is 1. The smallest absolute Gasteiger partial charge is 0.252 e. The number of carbonyl (C=O) groups is 1. The van der Waals surface area contributed by atoms with Gasteiger partial charge in [0.2, 0.25) is 0 Å². The van der Waals surface area contributed by atoms with Crippen LogP contribution in [0.1, 0.15) is 23.7 Å². The molecule has 3 rings (SSSR count). The average molecular weight is 351 g/mol. The van der Waals surface area contributed by atoms with Gasteiger partial charge in [-0.2, -0.15) is 5.10 Å². The number of pyridine rings is 1. The van der Waals surface area contributed by atoms with Gasteiger partial charge in [0.15, 0.2) is 0 Å². The number of para-hydroxylation sites is 1. The number of amides is 1. The average Bonchev–Trinajstić information content (AvgIpc) is 3.13. The first-order valence-electron chi connectivity index (χ1n) is 8.94. The molecule has 3 aromatic rings. The zero-order valence-corrected chi connectivity index (χ0v) is 15.6. The second-order valence-corrected chi connectivity index (χ2v) is 6.57. The summed E-state index contributed by atoms with van der Waals surface area (Å²) in [4.78, 5) is 19.6. The van der Waals surface area contributed by atoms with E-state index < -0.39 is 0 Å². The molecule has 0 atom stereocenters. The van der Waals surface area contributed by atoms with Crippen LogP contribution in [0.2, 0.25) is 0 Å². The van der Waals surface area contributed by atoms with E-state index in [1.807, 2.05) is 62.2 Å². The molecule has 1 N–H and O–H groups in total.